The number of nitrogens with zero attached hydrogens (tertiary/aromatic N) is 2. The van der Waals surface area contributed by atoms with Crippen LogP contribution >= 0.6 is 0 Å². The van der Waals surface area contributed by atoms with Crippen LogP contribution in [0.15, 0.2) is 60.3 Å². The van der Waals surface area contributed by atoms with Gasteiger partial charge in [0.05, 0.1) is 17.7 Å². The van der Waals surface area contributed by atoms with Gasteiger partial charge in [-0.05, 0) is 30.7 Å². The number of carboxylic acid groups (broad SMARTS) is 1. The van der Waals surface area contributed by atoms with E-state index in [0.717, 1.165) is 4.90 Å². The fourth-order valence-corrected chi connectivity index (χ4v) is 6.33. The molecule has 0 bridgehead atoms. The van der Waals surface area contributed by atoms with Crippen molar-refractivity contribution in [3.8, 4) is 0 Å². The Hall–Kier alpha value is -3.53. The van der Waals surface area contributed by atoms with Gasteiger partial charge in [0, 0.05) is 6.20 Å². The van der Waals surface area contributed by atoms with E-state index in [9.17, 15) is 27.9 Å². The number of carbonyl (C=O) groups is 3. The van der Waals surface area contributed by atoms with E-state index in [1.165, 1.54) is 19.2 Å². The smallest absolute Gasteiger partial charge is 0.328 e. The fourth-order valence-electron chi connectivity index (χ4n) is 4.05. The maximum absolute atomic E-state index is 13.4. The zero-order valence-electron chi connectivity index (χ0n) is 17.0. The lowest BCUT2D eigenvalue weighted by atomic mass is 9.94. The van der Waals surface area contributed by atoms with Crippen LogP contribution in [0.4, 0.5) is 0 Å². The molecule has 10 heteroatoms. The molecule has 3 heterocycles. The Kier molecular flexibility index (Phi) is 5.33. The van der Waals surface area contributed by atoms with Gasteiger partial charge in [0.2, 0.25) is 0 Å². The van der Waals surface area contributed by atoms with Crippen LogP contribution in [0.2, 0.25) is 0 Å². The maximum atomic E-state index is 13.4. The van der Waals surface area contributed by atoms with Gasteiger partial charge in [0.25, 0.3) is 5.91 Å². The SMILES string of the molecule is C[C@]1(COC(=O)Cc2ccccc2)[C@@H](C(=O)O)N2C(=O)/C(=C/c3ccccn3)C2S1(=O)=O. The summed E-state index contributed by atoms with van der Waals surface area (Å²) in [5.74, 6) is -2.87. The van der Waals surface area contributed by atoms with E-state index < -0.39 is 50.5 Å². The van der Waals surface area contributed by atoms with Gasteiger partial charge < -0.3 is 14.7 Å². The second kappa shape index (κ2) is 7.86. The summed E-state index contributed by atoms with van der Waals surface area (Å²) >= 11 is 0. The number of aliphatic carboxylic acids is 1. The maximum Gasteiger partial charge on any atom is 0.328 e. The number of ether oxygens (including phenoxy) is 1. The van der Waals surface area contributed by atoms with Crippen LogP contribution < -0.4 is 0 Å². The Bertz CT molecular complexity index is 1210. The zero-order chi connectivity index (χ0) is 23.1. The van der Waals surface area contributed by atoms with Crippen molar-refractivity contribution >= 4 is 33.8 Å². The van der Waals surface area contributed by atoms with Crippen LogP contribution in [0.5, 0.6) is 0 Å². The number of β-lactam (4-membered cyclic amide) rings is 1. The zero-order valence-corrected chi connectivity index (χ0v) is 17.9. The van der Waals surface area contributed by atoms with Gasteiger partial charge in [-0.1, -0.05) is 36.4 Å². The molecule has 0 radical (unpaired) electrons. The topological polar surface area (TPSA) is 131 Å². The Morgan fingerprint density at radius 2 is 1.88 bits per heavy atom. The van der Waals surface area contributed by atoms with Crippen molar-refractivity contribution in [2.24, 2.45) is 0 Å². The number of fused-ring (bicyclic) bond motifs is 1. The van der Waals surface area contributed by atoms with Gasteiger partial charge in [-0.2, -0.15) is 0 Å². The number of rotatable bonds is 6. The molecule has 2 fully saturated rings. The molecule has 3 atom stereocenters. The number of sulfone groups is 1. The number of hydrogen-bond acceptors (Lipinski definition) is 7. The van der Waals surface area contributed by atoms with Crippen LogP contribution in [0.25, 0.3) is 6.08 Å². The number of amides is 1. The molecule has 1 unspecified atom stereocenters. The third-order valence-corrected chi connectivity index (χ3v) is 8.45. The minimum absolute atomic E-state index is 0.0608. The van der Waals surface area contributed by atoms with Crippen molar-refractivity contribution in [3.05, 3.63) is 71.6 Å². The molecule has 2 aliphatic heterocycles. The average molecular weight is 456 g/mol. The van der Waals surface area contributed by atoms with Crippen LogP contribution in [0.3, 0.4) is 0 Å². The molecule has 0 spiro atoms. The van der Waals surface area contributed by atoms with Crippen molar-refractivity contribution in [2.75, 3.05) is 6.61 Å². The largest absolute Gasteiger partial charge is 0.480 e. The summed E-state index contributed by atoms with van der Waals surface area (Å²) < 4.78 is 30.0. The molecule has 0 aliphatic carbocycles. The molecule has 0 saturated carbocycles. The van der Waals surface area contributed by atoms with Gasteiger partial charge in [0.15, 0.2) is 21.3 Å². The standard InChI is InChI=1S/C22H20N2O7S/c1-22(13-31-17(25)11-14-7-3-2-4-8-14)18(21(27)28)24-19(26)16(20(24)32(22,29)30)12-15-9-5-6-10-23-15/h2-10,12,18,20H,11,13H2,1H3,(H,27,28)/b16-12-/t18-,20?,22+/m1/s1. The Morgan fingerprint density at radius 3 is 2.50 bits per heavy atom. The van der Waals surface area contributed by atoms with E-state index in [0.29, 0.717) is 11.3 Å². The summed E-state index contributed by atoms with van der Waals surface area (Å²) in [6.07, 6.45) is 2.74. The van der Waals surface area contributed by atoms with Gasteiger partial charge in [0.1, 0.15) is 11.4 Å². The molecule has 1 aromatic carbocycles. The summed E-state index contributed by atoms with van der Waals surface area (Å²) in [6.45, 7) is 0.510. The summed E-state index contributed by atoms with van der Waals surface area (Å²) in [4.78, 5) is 41.9. The monoisotopic (exact) mass is 456 g/mol. The molecule has 1 N–H and O–H groups in total. The highest BCUT2D eigenvalue weighted by Crippen LogP contribution is 2.49. The third kappa shape index (κ3) is 3.36. The lowest BCUT2D eigenvalue weighted by Gasteiger charge is -2.37. The minimum Gasteiger partial charge on any atom is -0.480 e. The van der Waals surface area contributed by atoms with Crippen LogP contribution in [0, 0.1) is 0 Å². The summed E-state index contributed by atoms with van der Waals surface area (Å²) in [7, 11) is -4.24. The second-order valence-corrected chi connectivity index (χ2v) is 10.3. The summed E-state index contributed by atoms with van der Waals surface area (Å²) in [5, 5.41) is 8.33. The number of carbonyl (C=O) groups excluding carboxylic acids is 2. The normalized spacial score (nSPS) is 27.0. The second-order valence-electron chi connectivity index (χ2n) is 7.84. The van der Waals surface area contributed by atoms with Crippen molar-refractivity contribution in [1.82, 2.24) is 9.88 Å². The fraction of sp³-hybridized carbons (Fsp3) is 0.273. The summed E-state index contributed by atoms with van der Waals surface area (Å²) in [6, 6.07) is 12.0. The number of aromatic nitrogens is 1. The van der Waals surface area contributed by atoms with E-state index in [4.69, 9.17) is 4.74 Å². The molecule has 9 nitrogen and oxygen atoms in total. The molecule has 1 amide bonds. The number of benzene rings is 1. The van der Waals surface area contributed by atoms with Crippen LogP contribution in [-0.2, 0) is 35.4 Å². The lowest BCUT2D eigenvalue weighted by molar-refractivity contribution is -0.155. The molecule has 1 aromatic heterocycles. The highest BCUT2D eigenvalue weighted by Gasteiger charge is 2.72. The Balaban J connectivity index is 1.61. The van der Waals surface area contributed by atoms with Gasteiger partial charge >= 0.3 is 11.9 Å². The molecule has 2 aliphatic rings. The van der Waals surface area contributed by atoms with Gasteiger partial charge in [-0.3, -0.25) is 14.6 Å². The number of carboxylic acids is 1. The highest BCUT2D eigenvalue weighted by atomic mass is 32.2. The average Bonchev–Trinajstić information content (AvgIpc) is 2.93. The third-order valence-electron chi connectivity index (χ3n) is 5.74. The Labute approximate surface area is 184 Å². The number of hydrogen-bond donors (Lipinski definition) is 1. The first-order valence-corrected chi connectivity index (χ1v) is 11.3. The predicted molar refractivity (Wildman–Crippen MR) is 113 cm³/mol. The number of esters is 1. The first-order chi connectivity index (χ1) is 15.2. The number of pyridine rings is 1. The quantitative estimate of drug-likeness (QED) is 0.388. The molecule has 166 valence electrons. The van der Waals surface area contributed by atoms with Crippen LogP contribution in [-0.4, -0.2) is 64.0 Å². The van der Waals surface area contributed by atoms with E-state index in [1.54, 1.807) is 48.5 Å². The van der Waals surface area contributed by atoms with Crippen molar-refractivity contribution < 1.29 is 32.6 Å². The van der Waals surface area contributed by atoms with Gasteiger partial charge in [-0.15, -0.1) is 0 Å². The molecular formula is C22H20N2O7S. The van der Waals surface area contributed by atoms with Crippen LogP contribution in [0.1, 0.15) is 18.2 Å². The van der Waals surface area contributed by atoms with Gasteiger partial charge in [-0.25, -0.2) is 13.2 Å². The Morgan fingerprint density at radius 1 is 1.19 bits per heavy atom. The summed E-state index contributed by atoms with van der Waals surface area (Å²) in [5.41, 5.74) is 0.987. The molecule has 32 heavy (non-hydrogen) atoms. The molecule has 2 aromatic rings. The molecular weight excluding hydrogens is 436 g/mol. The van der Waals surface area contributed by atoms with E-state index >= 15 is 0 Å². The predicted octanol–water partition coefficient (Wildman–Crippen LogP) is 1.06. The highest BCUT2D eigenvalue weighted by molar-refractivity contribution is 7.94. The van der Waals surface area contributed by atoms with E-state index in [2.05, 4.69) is 4.98 Å². The first kappa shape index (κ1) is 21.7. The van der Waals surface area contributed by atoms with E-state index in [-0.39, 0.29) is 12.0 Å². The van der Waals surface area contributed by atoms with Crippen molar-refractivity contribution in [3.63, 3.8) is 0 Å². The van der Waals surface area contributed by atoms with E-state index in [1.807, 2.05) is 0 Å². The minimum atomic E-state index is -4.24. The van der Waals surface area contributed by atoms with Crippen molar-refractivity contribution in [2.45, 2.75) is 29.5 Å². The molecule has 2 saturated heterocycles. The lowest BCUT2D eigenvalue weighted by Crippen LogP contribution is -2.59. The van der Waals surface area contributed by atoms with Crippen molar-refractivity contribution in [1.29, 1.82) is 0 Å². The first-order valence-electron chi connectivity index (χ1n) is 9.78. The molecule has 4 rings (SSSR count).